The summed E-state index contributed by atoms with van der Waals surface area (Å²) in [6.45, 7) is 0. The fourth-order valence-electron chi connectivity index (χ4n) is 7.36. The lowest BCUT2D eigenvalue weighted by molar-refractivity contribution is 1.20. The lowest BCUT2D eigenvalue weighted by Gasteiger charge is -2.26. The maximum atomic E-state index is 2.34. The largest absolute Gasteiger partial charge is 0.315 e. The summed E-state index contributed by atoms with van der Waals surface area (Å²) < 4.78 is 2.34. The minimum atomic E-state index is 1.11. The molecule has 7 aromatic carbocycles. The number of fused-ring (bicyclic) bond motifs is 1. The highest BCUT2D eigenvalue weighted by atomic mass is 15.1. The van der Waals surface area contributed by atoms with Crippen LogP contribution in [0, 0.1) is 0 Å². The Morgan fingerprint density at radius 2 is 0.635 bits per heavy atom. The predicted molar refractivity (Wildman–Crippen MR) is 219 cm³/mol. The van der Waals surface area contributed by atoms with Crippen LogP contribution in [-0.4, -0.2) is 4.40 Å². The molecule has 246 valence electrons. The molecule has 0 N–H and O–H groups in total. The van der Waals surface area contributed by atoms with E-state index in [0.29, 0.717) is 0 Å². The second-order valence-electron chi connectivity index (χ2n) is 13.0. The zero-order chi connectivity index (χ0) is 34.7. The first-order chi connectivity index (χ1) is 25.8. The van der Waals surface area contributed by atoms with Crippen LogP contribution in [0.3, 0.4) is 0 Å². The van der Waals surface area contributed by atoms with Gasteiger partial charge in [0.15, 0.2) is 0 Å². The molecular formula is C50H36N2. The second-order valence-corrected chi connectivity index (χ2v) is 13.0. The molecule has 0 spiro atoms. The average Bonchev–Trinajstić information content (AvgIpc) is 3.58. The number of nitrogens with zero attached hydrogens (tertiary/aromatic N) is 2. The van der Waals surface area contributed by atoms with Crippen LogP contribution in [0.25, 0.3) is 61.3 Å². The minimum absolute atomic E-state index is 1.11. The van der Waals surface area contributed by atoms with Crippen LogP contribution < -0.4 is 4.90 Å². The van der Waals surface area contributed by atoms with Crippen LogP contribution in [0.2, 0.25) is 0 Å². The number of hydrogen-bond acceptors (Lipinski definition) is 1. The number of aromatic nitrogens is 1. The molecule has 0 unspecified atom stereocenters. The third-order valence-electron chi connectivity index (χ3n) is 9.83. The lowest BCUT2D eigenvalue weighted by Crippen LogP contribution is -2.09. The van der Waals surface area contributed by atoms with Gasteiger partial charge in [0.25, 0.3) is 0 Å². The van der Waals surface area contributed by atoms with E-state index in [4.69, 9.17) is 0 Å². The van der Waals surface area contributed by atoms with E-state index >= 15 is 0 Å². The van der Waals surface area contributed by atoms with Crippen LogP contribution in [-0.2, 0) is 0 Å². The molecule has 52 heavy (non-hydrogen) atoms. The fourth-order valence-corrected chi connectivity index (χ4v) is 7.36. The Bertz CT molecular complexity index is 2480. The van der Waals surface area contributed by atoms with E-state index in [2.05, 4.69) is 228 Å². The first kappa shape index (κ1) is 31.1. The van der Waals surface area contributed by atoms with Crippen LogP contribution in [0.15, 0.2) is 219 Å². The summed E-state index contributed by atoms with van der Waals surface area (Å²) >= 11 is 0. The summed E-state index contributed by atoms with van der Waals surface area (Å²) in [5, 5.41) is 0. The molecular weight excluding hydrogens is 629 g/mol. The number of hydrogen-bond donors (Lipinski definition) is 0. The molecule has 0 fully saturated rings. The van der Waals surface area contributed by atoms with E-state index in [-0.39, 0.29) is 0 Å². The van der Waals surface area contributed by atoms with Crippen molar-refractivity contribution in [1.82, 2.24) is 4.40 Å². The van der Waals surface area contributed by atoms with Crippen molar-refractivity contribution in [3.05, 3.63) is 219 Å². The molecule has 0 aliphatic rings. The molecule has 0 bridgehead atoms. The van der Waals surface area contributed by atoms with Gasteiger partial charge >= 0.3 is 0 Å². The van der Waals surface area contributed by atoms with Gasteiger partial charge in [0.2, 0.25) is 0 Å². The molecule has 2 heterocycles. The van der Waals surface area contributed by atoms with Gasteiger partial charge in [-0.25, -0.2) is 0 Å². The highest BCUT2D eigenvalue weighted by Gasteiger charge is 2.22. The van der Waals surface area contributed by atoms with Gasteiger partial charge in [-0.1, -0.05) is 164 Å². The third-order valence-corrected chi connectivity index (χ3v) is 9.83. The van der Waals surface area contributed by atoms with Crippen LogP contribution >= 0.6 is 0 Å². The third kappa shape index (κ3) is 5.87. The zero-order valence-electron chi connectivity index (χ0n) is 28.7. The molecule has 2 heteroatoms. The molecule has 0 atom stereocenters. The smallest absolute Gasteiger partial charge is 0.0613 e. The van der Waals surface area contributed by atoms with Gasteiger partial charge in [-0.15, -0.1) is 0 Å². The van der Waals surface area contributed by atoms with E-state index in [0.717, 1.165) is 17.1 Å². The molecule has 0 radical (unpaired) electrons. The van der Waals surface area contributed by atoms with Crippen molar-refractivity contribution in [1.29, 1.82) is 0 Å². The van der Waals surface area contributed by atoms with E-state index in [1.807, 2.05) is 0 Å². The zero-order valence-corrected chi connectivity index (χ0v) is 28.7. The van der Waals surface area contributed by atoms with Gasteiger partial charge in [-0.05, 0) is 87.5 Å². The maximum absolute atomic E-state index is 2.34. The second kappa shape index (κ2) is 13.8. The summed E-state index contributed by atoms with van der Waals surface area (Å²) in [4.78, 5) is 2.32. The number of rotatable bonds is 8. The Labute approximate surface area is 305 Å². The lowest BCUT2D eigenvalue weighted by atomic mass is 9.92. The van der Waals surface area contributed by atoms with Crippen molar-refractivity contribution >= 4 is 22.6 Å². The topological polar surface area (TPSA) is 7.65 Å². The number of benzene rings is 7. The molecule has 0 aliphatic heterocycles. The van der Waals surface area contributed by atoms with E-state index < -0.39 is 0 Å². The van der Waals surface area contributed by atoms with Gasteiger partial charge in [0, 0.05) is 34.4 Å². The van der Waals surface area contributed by atoms with E-state index in [1.165, 1.54) is 61.3 Å². The Balaban J connectivity index is 1.09. The molecule has 9 aromatic rings. The quantitative estimate of drug-likeness (QED) is 0.157. The monoisotopic (exact) mass is 664 g/mol. The summed E-state index contributed by atoms with van der Waals surface area (Å²) in [7, 11) is 0. The Kier molecular flexibility index (Phi) is 8.24. The highest BCUT2D eigenvalue weighted by molar-refractivity contribution is 6.03. The molecule has 2 aromatic heterocycles. The molecule has 0 amide bonds. The molecule has 2 nitrogen and oxygen atoms in total. The molecule has 0 saturated heterocycles. The van der Waals surface area contributed by atoms with E-state index in [9.17, 15) is 0 Å². The minimum Gasteiger partial charge on any atom is -0.315 e. The van der Waals surface area contributed by atoms with Gasteiger partial charge < -0.3 is 9.30 Å². The van der Waals surface area contributed by atoms with Gasteiger partial charge in [0.05, 0.1) is 11.2 Å². The van der Waals surface area contributed by atoms with Gasteiger partial charge in [-0.3, -0.25) is 0 Å². The van der Waals surface area contributed by atoms with Crippen molar-refractivity contribution in [2.45, 2.75) is 0 Å². The first-order valence-electron chi connectivity index (χ1n) is 17.8. The van der Waals surface area contributed by atoms with Crippen molar-refractivity contribution in [2.24, 2.45) is 0 Å². The van der Waals surface area contributed by atoms with Crippen molar-refractivity contribution in [3.63, 3.8) is 0 Å². The SMILES string of the molecule is c1ccc(-c2ccc(N(c3ccccc3)c3ccc(-c4ccc(-c5c(-c6ccccc6)c6ccccn6c5-c5ccccc5)cc4)cc3)cc2)cc1. The Hall–Kier alpha value is -6.90. The fraction of sp³-hybridized carbons (Fsp3) is 0. The Morgan fingerprint density at radius 3 is 1.17 bits per heavy atom. The van der Waals surface area contributed by atoms with Crippen LogP contribution in [0.5, 0.6) is 0 Å². The first-order valence-corrected chi connectivity index (χ1v) is 17.8. The van der Waals surface area contributed by atoms with Crippen molar-refractivity contribution in [2.75, 3.05) is 4.90 Å². The molecule has 0 saturated carbocycles. The summed E-state index contributed by atoms with van der Waals surface area (Å²) in [5.41, 5.74) is 16.6. The summed E-state index contributed by atoms with van der Waals surface area (Å²) in [6.07, 6.45) is 2.18. The average molecular weight is 665 g/mol. The number of pyridine rings is 1. The van der Waals surface area contributed by atoms with Crippen LogP contribution in [0.1, 0.15) is 0 Å². The number of anilines is 3. The predicted octanol–water partition coefficient (Wildman–Crippen LogP) is 13.7. The van der Waals surface area contributed by atoms with Gasteiger partial charge in [-0.2, -0.15) is 0 Å². The standard InChI is InChI=1S/C50H36N2/c1-5-15-37(16-6-1)39-28-32-45(33-29-39)52(44-21-11-4-12-22-44)46-34-30-40(31-35-46)38-24-26-42(27-25-38)49-48(41-17-7-2-8-18-41)47-23-13-14-36-51(47)50(49)43-19-9-3-10-20-43/h1-36H. The van der Waals surface area contributed by atoms with Crippen molar-refractivity contribution < 1.29 is 0 Å². The summed E-state index contributed by atoms with van der Waals surface area (Å²) in [6, 6.07) is 75.9. The molecule has 9 rings (SSSR count). The number of para-hydroxylation sites is 1. The molecule has 0 aliphatic carbocycles. The van der Waals surface area contributed by atoms with Gasteiger partial charge in [0.1, 0.15) is 0 Å². The maximum Gasteiger partial charge on any atom is 0.0613 e. The van der Waals surface area contributed by atoms with Crippen molar-refractivity contribution in [3.8, 4) is 55.8 Å². The normalized spacial score (nSPS) is 11.1. The van der Waals surface area contributed by atoms with Crippen LogP contribution in [0.4, 0.5) is 17.1 Å². The highest BCUT2D eigenvalue weighted by Crippen LogP contribution is 2.45. The van der Waals surface area contributed by atoms with E-state index in [1.54, 1.807) is 0 Å². The summed E-state index contributed by atoms with van der Waals surface area (Å²) in [5.74, 6) is 0. The Morgan fingerprint density at radius 1 is 0.269 bits per heavy atom.